The highest BCUT2D eigenvalue weighted by Crippen LogP contribution is 2.22. The van der Waals surface area contributed by atoms with Crippen molar-refractivity contribution in [3.05, 3.63) is 35.9 Å². The Bertz CT molecular complexity index is 286. The summed E-state index contributed by atoms with van der Waals surface area (Å²) in [6.45, 7) is 2.71. The van der Waals surface area contributed by atoms with Crippen LogP contribution in [0, 0.1) is 0 Å². The fraction of sp³-hybridized carbons (Fsp3) is 0.600. The van der Waals surface area contributed by atoms with Gasteiger partial charge in [0, 0.05) is 12.5 Å². The van der Waals surface area contributed by atoms with Gasteiger partial charge in [-0.15, -0.1) is 0 Å². The van der Waals surface area contributed by atoms with E-state index in [0.29, 0.717) is 6.54 Å². The third-order valence-corrected chi connectivity index (χ3v) is 3.30. The minimum Gasteiger partial charge on any atom is -0.392 e. The molecule has 2 nitrogen and oxygen atoms in total. The highest BCUT2D eigenvalue weighted by molar-refractivity contribution is 5.21. The second-order valence-corrected chi connectivity index (χ2v) is 4.67. The van der Waals surface area contributed by atoms with Crippen LogP contribution in [0.3, 0.4) is 0 Å². The number of aliphatic hydroxyl groups excluding tert-OH is 1. The minimum absolute atomic E-state index is 0.0813. The number of hydrogen-bond donors (Lipinski definition) is 2. The molecular weight excluding hydrogens is 210 g/mol. The summed E-state index contributed by atoms with van der Waals surface area (Å²) in [7, 11) is 0. The van der Waals surface area contributed by atoms with E-state index in [1.165, 1.54) is 19.3 Å². The number of benzene rings is 1. The Hall–Kier alpha value is -0.860. The highest BCUT2D eigenvalue weighted by Gasteiger charge is 2.18. The summed E-state index contributed by atoms with van der Waals surface area (Å²) in [6.07, 6.45) is 5.34. The molecule has 0 bridgehead atoms. The molecule has 0 aliphatic heterocycles. The van der Waals surface area contributed by atoms with Gasteiger partial charge in [-0.2, -0.15) is 0 Å². The Morgan fingerprint density at radius 3 is 2.41 bits per heavy atom. The molecule has 2 unspecified atom stereocenters. The highest BCUT2D eigenvalue weighted by atomic mass is 16.3. The maximum absolute atomic E-state index is 10.2. The second-order valence-electron chi connectivity index (χ2n) is 4.67. The molecule has 1 rings (SSSR count). The van der Waals surface area contributed by atoms with Crippen molar-refractivity contribution < 1.29 is 5.11 Å². The molecule has 0 spiro atoms. The van der Waals surface area contributed by atoms with Crippen molar-refractivity contribution in [2.45, 2.75) is 51.0 Å². The van der Waals surface area contributed by atoms with Gasteiger partial charge in [0.1, 0.15) is 0 Å². The molecule has 17 heavy (non-hydrogen) atoms. The predicted octanol–water partition coefficient (Wildman–Crippen LogP) is 3.06. The first-order valence-electron chi connectivity index (χ1n) is 6.72. The van der Waals surface area contributed by atoms with Crippen molar-refractivity contribution in [1.29, 1.82) is 0 Å². The molecular formula is C15H25NO. The summed E-state index contributed by atoms with van der Waals surface area (Å²) in [4.78, 5) is 0. The first-order chi connectivity index (χ1) is 8.29. The Balaban J connectivity index is 2.44. The predicted molar refractivity (Wildman–Crippen MR) is 73.0 cm³/mol. The van der Waals surface area contributed by atoms with Crippen molar-refractivity contribution in [3.63, 3.8) is 0 Å². The standard InChI is InChI=1S/C15H25NO/c1-2-3-4-8-11-15(17)14(12-16)13-9-6-5-7-10-13/h5-7,9-10,14-15,17H,2-4,8,11-12,16H2,1H3. The fourth-order valence-corrected chi connectivity index (χ4v) is 2.20. The third kappa shape index (κ3) is 4.88. The van der Waals surface area contributed by atoms with Crippen LogP contribution in [-0.4, -0.2) is 17.8 Å². The number of unbranched alkanes of at least 4 members (excludes halogenated alkanes) is 3. The average Bonchev–Trinajstić information content (AvgIpc) is 2.37. The van der Waals surface area contributed by atoms with Crippen LogP contribution in [0.4, 0.5) is 0 Å². The Labute approximate surface area is 105 Å². The summed E-state index contributed by atoms with van der Waals surface area (Å²) < 4.78 is 0. The summed E-state index contributed by atoms with van der Waals surface area (Å²) in [5.74, 6) is 0.0813. The molecule has 0 fully saturated rings. The van der Waals surface area contributed by atoms with Crippen molar-refractivity contribution in [3.8, 4) is 0 Å². The van der Waals surface area contributed by atoms with Gasteiger partial charge in [0.15, 0.2) is 0 Å². The van der Waals surface area contributed by atoms with Crippen LogP contribution in [0.25, 0.3) is 0 Å². The lowest BCUT2D eigenvalue weighted by atomic mass is 9.90. The van der Waals surface area contributed by atoms with E-state index in [0.717, 1.165) is 18.4 Å². The lowest BCUT2D eigenvalue weighted by Crippen LogP contribution is -2.25. The SMILES string of the molecule is CCCCCCC(O)C(CN)c1ccccc1. The van der Waals surface area contributed by atoms with Gasteiger partial charge in [-0.3, -0.25) is 0 Å². The maximum atomic E-state index is 10.2. The van der Waals surface area contributed by atoms with Crippen LogP contribution >= 0.6 is 0 Å². The van der Waals surface area contributed by atoms with Crippen molar-refractivity contribution in [2.75, 3.05) is 6.54 Å². The lowest BCUT2D eigenvalue weighted by Gasteiger charge is -2.21. The van der Waals surface area contributed by atoms with Crippen LogP contribution < -0.4 is 5.73 Å². The van der Waals surface area contributed by atoms with Crippen LogP contribution in [-0.2, 0) is 0 Å². The molecule has 96 valence electrons. The van der Waals surface area contributed by atoms with Gasteiger partial charge in [0.05, 0.1) is 6.10 Å². The van der Waals surface area contributed by atoms with Crippen molar-refractivity contribution in [1.82, 2.24) is 0 Å². The molecule has 3 N–H and O–H groups in total. The van der Waals surface area contributed by atoms with E-state index in [4.69, 9.17) is 5.73 Å². The van der Waals surface area contributed by atoms with Gasteiger partial charge in [-0.1, -0.05) is 62.9 Å². The molecule has 0 aromatic heterocycles. The smallest absolute Gasteiger partial charge is 0.0620 e. The molecule has 2 heteroatoms. The topological polar surface area (TPSA) is 46.2 Å². The molecule has 0 radical (unpaired) electrons. The van der Waals surface area contributed by atoms with Gasteiger partial charge < -0.3 is 10.8 Å². The van der Waals surface area contributed by atoms with Gasteiger partial charge in [0.2, 0.25) is 0 Å². The summed E-state index contributed by atoms with van der Waals surface area (Å²) in [5, 5.41) is 10.2. The van der Waals surface area contributed by atoms with E-state index in [-0.39, 0.29) is 12.0 Å². The fourth-order valence-electron chi connectivity index (χ4n) is 2.20. The number of hydrogen-bond acceptors (Lipinski definition) is 2. The molecule has 0 saturated heterocycles. The van der Waals surface area contributed by atoms with Crippen LogP contribution in [0.2, 0.25) is 0 Å². The Kier molecular flexibility index (Phi) is 6.90. The molecule has 2 atom stereocenters. The molecule has 0 aliphatic rings. The van der Waals surface area contributed by atoms with E-state index < -0.39 is 0 Å². The van der Waals surface area contributed by atoms with E-state index in [2.05, 4.69) is 6.92 Å². The van der Waals surface area contributed by atoms with Crippen LogP contribution in [0.15, 0.2) is 30.3 Å². The van der Waals surface area contributed by atoms with Crippen molar-refractivity contribution in [2.24, 2.45) is 5.73 Å². The normalized spacial score (nSPS) is 14.5. The Morgan fingerprint density at radius 2 is 1.82 bits per heavy atom. The van der Waals surface area contributed by atoms with Gasteiger partial charge in [0.25, 0.3) is 0 Å². The zero-order chi connectivity index (χ0) is 12.5. The van der Waals surface area contributed by atoms with Crippen LogP contribution in [0.5, 0.6) is 0 Å². The van der Waals surface area contributed by atoms with E-state index in [1.807, 2.05) is 30.3 Å². The quantitative estimate of drug-likeness (QED) is 0.680. The van der Waals surface area contributed by atoms with Gasteiger partial charge >= 0.3 is 0 Å². The second kappa shape index (κ2) is 8.26. The molecule has 0 saturated carbocycles. The van der Waals surface area contributed by atoms with Crippen LogP contribution in [0.1, 0.15) is 50.5 Å². The van der Waals surface area contributed by atoms with Crippen molar-refractivity contribution >= 4 is 0 Å². The largest absolute Gasteiger partial charge is 0.392 e. The minimum atomic E-state index is -0.306. The zero-order valence-corrected chi connectivity index (χ0v) is 10.8. The van der Waals surface area contributed by atoms with Gasteiger partial charge in [-0.05, 0) is 12.0 Å². The number of rotatable bonds is 8. The average molecular weight is 235 g/mol. The first kappa shape index (κ1) is 14.2. The zero-order valence-electron chi connectivity index (χ0n) is 10.8. The maximum Gasteiger partial charge on any atom is 0.0620 e. The number of nitrogens with two attached hydrogens (primary N) is 1. The monoisotopic (exact) mass is 235 g/mol. The van der Waals surface area contributed by atoms with E-state index in [1.54, 1.807) is 0 Å². The van der Waals surface area contributed by atoms with Gasteiger partial charge in [-0.25, -0.2) is 0 Å². The lowest BCUT2D eigenvalue weighted by molar-refractivity contribution is 0.132. The summed E-state index contributed by atoms with van der Waals surface area (Å²) >= 11 is 0. The Morgan fingerprint density at radius 1 is 1.12 bits per heavy atom. The molecule has 0 aliphatic carbocycles. The van der Waals surface area contributed by atoms with E-state index >= 15 is 0 Å². The third-order valence-electron chi connectivity index (χ3n) is 3.30. The molecule has 0 amide bonds. The number of aliphatic hydroxyl groups is 1. The summed E-state index contributed by atoms with van der Waals surface area (Å²) in [5.41, 5.74) is 6.93. The molecule has 1 aromatic rings. The summed E-state index contributed by atoms with van der Waals surface area (Å²) in [6, 6.07) is 10.1. The van der Waals surface area contributed by atoms with E-state index in [9.17, 15) is 5.11 Å². The molecule has 1 aromatic carbocycles. The first-order valence-corrected chi connectivity index (χ1v) is 6.72. The molecule has 0 heterocycles.